The fourth-order valence-corrected chi connectivity index (χ4v) is 4.09. The SMILES string of the molecule is CN1CCN(c2cncc3[nH]c(-c4n[nH]c5cnc(-c6ccncc6)cc45)nc23)CC1. The maximum Gasteiger partial charge on any atom is 0.159 e. The highest BCUT2D eigenvalue weighted by molar-refractivity contribution is 5.96. The zero-order chi connectivity index (χ0) is 20.8. The highest BCUT2D eigenvalue weighted by Crippen LogP contribution is 2.31. The van der Waals surface area contributed by atoms with E-state index in [2.05, 4.69) is 47.0 Å². The number of aromatic amines is 2. The Labute approximate surface area is 178 Å². The van der Waals surface area contributed by atoms with Crippen LogP contribution in [-0.2, 0) is 0 Å². The highest BCUT2D eigenvalue weighted by Gasteiger charge is 2.20. The third-order valence-electron chi connectivity index (χ3n) is 5.87. The van der Waals surface area contributed by atoms with Crippen molar-refractivity contribution in [1.29, 1.82) is 0 Å². The van der Waals surface area contributed by atoms with Crippen molar-refractivity contribution in [3.05, 3.63) is 49.2 Å². The van der Waals surface area contributed by atoms with Crippen LogP contribution in [0.2, 0.25) is 0 Å². The Hall–Kier alpha value is -3.85. The van der Waals surface area contributed by atoms with Gasteiger partial charge >= 0.3 is 0 Å². The minimum Gasteiger partial charge on any atom is -0.366 e. The summed E-state index contributed by atoms with van der Waals surface area (Å²) in [7, 11) is 2.15. The van der Waals surface area contributed by atoms with Crippen LogP contribution in [0.3, 0.4) is 0 Å². The molecule has 5 aromatic heterocycles. The van der Waals surface area contributed by atoms with Crippen LogP contribution in [0, 0.1) is 0 Å². The van der Waals surface area contributed by atoms with Crippen molar-refractivity contribution in [3.63, 3.8) is 0 Å². The summed E-state index contributed by atoms with van der Waals surface area (Å²) in [5.41, 5.74) is 6.41. The van der Waals surface area contributed by atoms with Gasteiger partial charge in [-0.25, -0.2) is 4.98 Å². The van der Waals surface area contributed by atoms with Crippen LogP contribution in [0.5, 0.6) is 0 Å². The van der Waals surface area contributed by atoms with Crippen molar-refractivity contribution in [3.8, 4) is 22.8 Å². The molecule has 9 heteroatoms. The number of H-pyrrole nitrogens is 2. The molecule has 154 valence electrons. The van der Waals surface area contributed by atoms with Gasteiger partial charge in [-0.1, -0.05) is 0 Å². The van der Waals surface area contributed by atoms with E-state index < -0.39 is 0 Å². The standard InChI is InChI=1S/C22H21N9/c1-30-6-8-31(9-7-30)19-13-24-11-18-21(19)27-22(26-18)20-15-10-16(14-2-4-23-5-3-14)25-12-17(15)28-29-20/h2-5,10-13H,6-9H2,1H3,(H,26,27)(H,28,29). The third kappa shape index (κ3) is 3.10. The van der Waals surface area contributed by atoms with Crippen LogP contribution >= 0.6 is 0 Å². The van der Waals surface area contributed by atoms with Crippen molar-refractivity contribution in [2.75, 3.05) is 38.1 Å². The van der Waals surface area contributed by atoms with Crippen LogP contribution in [-0.4, -0.2) is 73.2 Å². The lowest BCUT2D eigenvalue weighted by Gasteiger charge is -2.33. The minimum atomic E-state index is 0.719. The summed E-state index contributed by atoms with van der Waals surface area (Å²) in [4.78, 5) is 26.1. The Bertz CT molecular complexity index is 1360. The summed E-state index contributed by atoms with van der Waals surface area (Å²) in [6, 6.07) is 5.93. The lowest BCUT2D eigenvalue weighted by molar-refractivity contribution is 0.313. The smallest absolute Gasteiger partial charge is 0.159 e. The molecule has 5 aromatic rings. The van der Waals surface area contributed by atoms with Gasteiger partial charge in [-0.15, -0.1) is 0 Å². The Kier molecular flexibility index (Phi) is 4.13. The number of anilines is 1. The predicted molar refractivity (Wildman–Crippen MR) is 120 cm³/mol. The van der Waals surface area contributed by atoms with Crippen molar-refractivity contribution >= 4 is 27.6 Å². The van der Waals surface area contributed by atoms with Gasteiger partial charge in [0.15, 0.2) is 5.82 Å². The minimum absolute atomic E-state index is 0.719. The third-order valence-corrected chi connectivity index (χ3v) is 5.87. The van der Waals surface area contributed by atoms with E-state index in [0.717, 1.165) is 76.6 Å². The van der Waals surface area contributed by atoms with Gasteiger partial charge < -0.3 is 14.8 Å². The molecule has 1 saturated heterocycles. The monoisotopic (exact) mass is 411 g/mol. The van der Waals surface area contributed by atoms with Crippen LogP contribution in [0.4, 0.5) is 5.69 Å². The zero-order valence-corrected chi connectivity index (χ0v) is 17.1. The molecule has 0 amide bonds. The number of aromatic nitrogens is 7. The van der Waals surface area contributed by atoms with E-state index in [1.165, 1.54) is 0 Å². The Balaban J connectivity index is 1.44. The molecule has 1 fully saturated rings. The summed E-state index contributed by atoms with van der Waals surface area (Å²) >= 11 is 0. The van der Waals surface area contributed by atoms with Gasteiger partial charge in [-0.3, -0.25) is 20.1 Å². The molecule has 9 nitrogen and oxygen atoms in total. The molecule has 0 saturated carbocycles. The van der Waals surface area contributed by atoms with Crippen molar-refractivity contribution in [1.82, 2.24) is 40.0 Å². The van der Waals surface area contributed by atoms with E-state index in [0.29, 0.717) is 0 Å². The van der Waals surface area contributed by atoms with Crippen molar-refractivity contribution < 1.29 is 0 Å². The molecule has 0 unspecified atom stereocenters. The Morgan fingerprint density at radius 1 is 0.935 bits per heavy atom. The average Bonchev–Trinajstić information content (AvgIpc) is 3.43. The van der Waals surface area contributed by atoms with Crippen LogP contribution < -0.4 is 4.90 Å². The number of hydrogen-bond donors (Lipinski definition) is 2. The van der Waals surface area contributed by atoms with Gasteiger partial charge in [0.05, 0.1) is 41.0 Å². The highest BCUT2D eigenvalue weighted by atomic mass is 15.3. The number of likely N-dealkylation sites (N-methyl/N-ethyl adjacent to an activating group) is 1. The van der Waals surface area contributed by atoms with Crippen molar-refractivity contribution in [2.24, 2.45) is 0 Å². The molecule has 0 radical (unpaired) electrons. The number of nitrogens with one attached hydrogen (secondary N) is 2. The summed E-state index contributed by atoms with van der Waals surface area (Å²) in [5.74, 6) is 0.719. The molecule has 6 rings (SSSR count). The maximum absolute atomic E-state index is 4.94. The number of nitrogens with zero attached hydrogens (tertiary/aromatic N) is 7. The lowest BCUT2D eigenvalue weighted by atomic mass is 10.1. The van der Waals surface area contributed by atoms with E-state index in [4.69, 9.17) is 4.98 Å². The second kappa shape index (κ2) is 7.13. The molecular weight excluding hydrogens is 390 g/mol. The maximum atomic E-state index is 4.94. The number of rotatable bonds is 3. The molecule has 1 aliphatic rings. The normalized spacial score (nSPS) is 15.2. The molecule has 0 aromatic carbocycles. The van der Waals surface area contributed by atoms with Gasteiger partial charge in [0.25, 0.3) is 0 Å². The molecule has 0 aliphatic carbocycles. The second-order valence-electron chi connectivity index (χ2n) is 7.85. The zero-order valence-electron chi connectivity index (χ0n) is 17.1. The molecular formula is C22H21N9. The fraction of sp³-hybridized carbons (Fsp3) is 0.227. The van der Waals surface area contributed by atoms with Gasteiger partial charge in [-0.2, -0.15) is 5.10 Å². The Morgan fingerprint density at radius 3 is 2.61 bits per heavy atom. The fourth-order valence-electron chi connectivity index (χ4n) is 4.09. The van der Waals surface area contributed by atoms with Gasteiger partial charge in [-0.05, 0) is 25.2 Å². The number of fused-ring (bicyclic) bond motifs is 2. The van der Waals surface area contributed by atoms with Gasteiger partial charge in [0.1, 0.15) is 11.2 Å². The van der Waals surface area contributed by atoms with E-state index >= 15 is 0 Å². The van der Waals surface area contributed by atoms with E-state index in [-0.39, 0.29) is 0 Å². The Morgan fingerprint density at radius 2 is 1.77 bits per heavy atom. The van der Waals surface area contributed by atoms with Crippen LogP contribution in [0.1, 0.15) is 0 Å². The van der Waals surface area contributed by atoms with Crippen molar-refractivity contribution in [2.45, 2.75) is 0 Å². The van der Waals surface area contributed by atoms with E-state index in [9.17, 15) is 0 Å². The topological polar surface area (TPSA) is 103 Å². The lowest BCUT2D eigenvalue weighted by Crippen LogP contribution is -2.44. The molecule has 31 heavy (non-hydrogen) atoms. The molecule has 2 N–H and O–H groups in total. The van der Waals surface area contributed by atoms with E-state index in [1.54, 1.807) is 12.4 Å². The summed E-state index contributed by atoms with van der Waals surface area (Å²) in [6.45, 7) is 3.99. The number of piperazine rings is 1. The predicted octanol–water partition coefficient (Wildman–Crippen LogP) is 2.71. The van der Waals surface area contributed by atoms with E-state index in [1.807, 2.05) is 36.8 Å². The quantitative estimate of drug-likeness (QED) is 0.471. The first kappa shape index (κ1) is 18.0. The summed E-state index contributed by atoms with van der Waals surface area (Å²) < 4.78 is 0. The number of pyridine rings is 3. The molecule has 0 atom stereocenters. The molecule has 0 bridgehead atoms. The van der Waals surface area contributed by atoms with Gasteiger partial charge in [0.2, 0.25) is 0 Å². The second-order valence-corrected chi connectivity index (χ2v) is 7.85. The van der Waals surface area contributed by atoms with Gasteiger partial charge in [0, 0.05) is 49.5 Å². The largest absolute Gasteiger partial charge is 0.366 e. The summed E-state index contributed by atoms with van der Waals surface area (Å²) in [5, 5.41) is 8.58. The summed E-state index contributed by atoms with van der Waals surface area (Å²) in [6.07, 6.45) is 9.07. The first-order valence-corrected chi connectivity index (χ1v) is 10.3. The van der Waals surface area contributed by atoms with Crippen LogP contribution in [0.25, 0.3) is 44.7 Å². The first-order valence-electron chi connectivity index (χ1n) is 10.3. The number of imidazole rings is 1. The molecule has 1 aliphatic heterocycles. The molecule has 6 heterocycles. The number of hydrogen-bond acceptors (Lipinski definition) is 7. The molecule has 0 spiro atoms. The average molecular weight is 411 g/mol. The first-order chi connectivity index (χ1) is 15.3. The van der Waals surface area contributed by atoms with Crippen LogP contribution in [0.15, 0.2) is 49.2 Å².